The Morgan fingerprint density at radius 2 is 1.86 bits per heavy atom. The van der Waals surface area contributed by atoms with Crippen LogP contribution in [0.1, 0.15) is 49.2 Å². The second-order valence-corrected chi connectivity index (χ2v) is 7.53. The molecule has 0 aliphatic carbocycles. The van der Waals surface area contributed by atoms with Crippen LogP contribution in [0, 0.1) is 0 Å². The quantitative estimate of drug-likeness (QED) is 0.878. The molecule has 0 saturated carbocycles. The lowest BCUT2D eigenvalue weighted by Crippen LogP contribution is -2.40. The Labute approximate surface area is 166 Å². The Morgan fingerprint density at radius 3 is 2.57 bits per heavy atom. The Kier molecular flexibility index (Phi) is 5.22. The maximum atomic E-state index is 13.6. The second-order valence-electron chi connectivity index (χ2n) is 7.53. The zero-order valence-corrected chi connectivity index (χ0v) is 16.7. The highest BCUT2D eigenvalue weighted by atomic mass is 16.2. The number of nitrogens with zero attached hydrogens (tertiary/aromatic N) is 3. The molecule has 0 spiro atoms. The van der Waals surface area contributed by atoms with Crippen molar-refractivity contribution >= 4 is 28.9 Å². The van der Waals surface area contributed by atoms with Gasteiger partial charge in [0.25, 0.3) is 5.91 Å². The van der Waals surface area contributed by atoms with E-state index in [2.05, 4.69) is 17.1 Å². The molecule has 1 aromatic carbocycles. The molecule has 2 amide bonds. The summed E-state index contributed by atoms with van der Waals surface area (Å²) >= 11 is 0. The average molecular weight is 380 g/mol. The number of anilines is 3. The van der Waals surface area contributed by atoms with Crippen LogP contribution in [-0.2, 0) is 17.8 Å². The van der Waals surface area contributed by atoms with Gasteiger partial charge in [-0.1, -0.05) is 25.5 Å². The summed E-state index contributed by atoms with van der Waals surface area (Å²) in [6, 6.07) is 7.58. The van der Waals surface area contributed by atoms with Crippen molar-refractivity contribution in [3.05, 3.63) is 41.7 Å². The van der Waals surface area contributed by atoms with E-state index in [9.17, 15) is 9.59 Å². The molecular weight excluding hydrogens is 352 g/mol. The molecule has 2 aromatic rings. The van der Waals surface area contributed by atoms with Crippen LogP contribution >= 0.6 is 0 Å². The van der Waals surface area contributed by atoms with Crippen LogP contribution in [0.2, 0.25) is 0 Å². The van der Waals surface area contributed by atoms with Crippen molar-refractivity contribution in [1.82, 2.24) is 9.47 Å². The summed E-state index contributed by atoms with van der Waals surface area (Å²) in [7, 11) is 0. The van der Waals surface area contributed by atoms with Crippen molar-refractivity contribution in [2.45, 2.75) is 46.1 Å². The number of nitrogens with one attached hydrogen (secondary N) is 1. The number of benzene rings is 1. The highest BCUT2D eigenvalue weighted by Gasteiger charge is 2.34. The Morgan fingerprint density at radius 1 is 1.11 bits per heavy atom. The highest BCUT2D eigenvalue weighted by molar-refractivity contribution is 6.18. The molecule has 3 heterocycles. The van der Waals surface area contributed by atoms with E-state index in [1.54, 1.807) is 4.90 Å². The number of carbonyl (C=O) groups is 2. The molecule has 6 nitrogen and oxygen atoms in total. The lowest BCUT2D eigenvalue weighted by atomic mass is 10.1. The Bertz CT molecular complexity index is 896. The lowest BCUT2D eigenvalue weighted by molar-refractivity contribution is -0.119. The van der Waals surface area contributed by atoms with Crippen molar-refractivity contribution in [3.63, 3.8) is 0 Å². The monoisotopic (exact) mass is 380 g/mol. The highest BCUT2D eigenvalue weighted by Crippen LogP contribution is 2.41. The van der Waals surface area contributed by atoms with Gasteiger partial charge >= 0.3 is 0 Å². The third kappa shape index (κ3) is 3.22. The van der Waals surface area contributed by atoms with Gasteiger partial charge < -0.3 is 9.88 Å². The first kappa shape index (κ1) is 18.7. The van der Waals surface area contributed by atoms with Gasteiger partial charge in [0.2, 0.25) is 5.91 Å². The predicted molar refractivity (Wildman–Crippen MR) is 111 cm³/mol. The number of carbonyl (C=O) groups excluding carboxylic acids is 2. The van der Waals surface area contributed by atoms with Crippen molar-refractivity contribution in [1.29, 1.82) is 0 Å². The molecule has 2 aliphatic rings. The maximum absolute atomic E-state index is 13.6. The van der Waals surface area contributed by atoms with Gasteiger partial charge in [-0.15, -0.1) is 0 Å². The van der Waals surface area contributed by atoms with Crippen LogP contribution < -0.4 is 10.2 Å². The van der Waals surface area contributed by atoms with Gasteiger partial charge in [0, 0.05) is 12.7 Å². The summed E-state index contributed by atoms with van der Waals surface area (Å²) in [5.74, 6) is -0.132. The second kappa shape index (κ2) is 7.80. The number of para-hydroxylation sites is 2. The summed E-state index contributed by atoms with van der Waals surface area (Å²) < 4.78 is 1.95. The zero-order chi connectivity index (χ0) is 19.7. The number of aryl methyl sites for hydroxylation is 2. The fraction of sp³-hybridized carbons (Fsp3) is 0.455. The minimum absolute atomic E-state index is 0.0238. The van der Waals surface area contributed by atoms with Crippen molar-refractivity contribution in [2.24, 2.45) is 0 Å². The van der Waals surface area contributed by atoms with E-state index in [1.807, 2.05) is 42.0 Å². The molecule has 1 fully saturated rings. The average Bonchev–Trinajstić information content (AvgIpc) is 3.02. The summed E-state index contributed by atoms with van der Waals surface area (Å²) in [6.45, 7) is 7.06. The molecule has 2 aliphatic heterocycles. The number of hydrogen-bond acceptors (Lipinski definition) is 3. The van der Waals surface area contributed by atoms with E-state index < -0.39 is 0 Å². The molecule has 1 saturated heterocycles. The van der Waals surface area contributed by atoms with Crippen molar-refractivity contribution in [3.8, 4) is 0 Å². The van der Waals surface area contributed by atoms with Gasteiger partial charge in [-0.2, -0.15) is 0 Å². The summed E-state index contributed by atoms with van der Waals surface area (Å²) in [6.07, 6.45) is 6.29. The number of fused-ring (bicyclic) bond motifs is 2. The first-order valence-electron chi connectivity index (χ1n) is 10.3. The van der Waals surface area contributed by atoms with E-state index in [-0.39, 0.29) is 11.8 Å². The molecule has 0 bridgehead atoms. The SMILES string of the molecule is CCc1cn(CC)c2c1N(C(=O)CN1CCCCC1)c1ccccc1NC2=O. The van der Waals surface area contributed by atoms with E-state index >= 15 is 0 Å². The van der Waals surface area contributed by atoms with Gasteiger partial charge in [-0.25, -0.2) is 0 Å². The fourth-order valence-electron chi connectivity index (χ4n) is 4.31. The molecule has 0 atom stereocenters. The third-order valence-corrected chi connectivity index (χ3v) is 5.74. The normalized spacial score (nSPS) is 16.9. The van der Waals surface area contributed by atoms with Crippen LogP contribution in [-0.4, -0.2) is 40.9 Å². The number of hydrogen-bond donors (Lipinski definition) is 1. The largest absolute Gasteiger partial charge is 0.342 e. The Hall–Kier alpha value is -2.60. The number of aromatic nitrogens is 1. The molecule has 1 aromatic heterocycles. The van der Waals surface area contributed by atoms with Gasteiger partial charge in [-0.3, -0.25) is 19.4 Å². The number of likely N-dealkylation sites (tertiary alicyclic amines) is 1. The molecular formula is C22H28N4O2. The number of rotatable bonds is 4. The van der Waals surface area contributed by atoms with Gasteiger partial charge in [0.1, 0.15) is 5.69 Å². The maximum Gasteiger partial charge on any atom is 0.274 e. The fourth-order valence-corrected chi connectivity index (χ4v) is 4.31. The molecule has 0 radical (unpaired) electrons. The molecule has 1 N–H and O–H groups in total. The predicted octanol–water partition coefficient (Wildman–Crippen LogP) is 3.79. The first-order chi connectivity index (χ1) is 13.6. The zero-order valence-electron chi connectivity index (χ0n) is 16.7. The molecule has 6 heteroatoms. The minimum Gasteiger partial charge on any atom is -0.342 e. The van der Waals surface area contributed by atoms with E-state index in [1.165, 1.54) is 6.42 Å². The lowest BCUT2D eigenvalue weighted by Gasteiger charge is -2.30. The van der Waals surface area contributed by atoms with Gasteiger partial charge in [0.05, 0.1) is 23.6 Å². The van der Waals surface area contributed by atoms with Crippen LogP contribution in [0.15, 0.2) is 30.5 Å². The standard InChI is InChI=1S/C22H28N4O2/c1-3-16-14-25(4-2)21-20(16)26(19(27)15-24-12-8-5-9-13-24)18-11-7-6-10-17(18)23-22(21)28/h6-7,10-11,14H,3-5,8-9,12-13,15H2,1-2H3,(H,23,28). The molecule has 4 rings (SSSR count). The molecule has 28 heavy (non-hydrogen) atoms. The van der Waals surface area contributed by atoms with E-state index in [4.69, 9.17) is 0 Å². The van der Waals surface area contributed by atoms with Crippen molar-refractivity contribution in [2.75, 3.05) is 29.9 Å². The molecule has 148 valence electrons. The van der Waals surface area contributed by atoms with Crippen LogP contribution in [0.3, 0.4) is 0 Å². The Balaban J connectivity index is 1.83. The topological polar surface area (TPSA) is 57.6 Å². The first-order valence-corrected chi connectivity index (χ1v) is 10.3. The summed E-state index contributed by atoms with van der Waals surface area (Å²) in [5.41, 5.74) is 3.77. The van der Waals surface area contributed by atoms with Crippen LogP contribution in [0.25, 0.3) is 0 Å². The third-order valence-electron chi connectivity index (χ3n) is 5.74. The van der Waals surface area contributed by atoms with E-state index in [0.29, 0.717) is 24.5 Å². The molecule has 0 unspecified atom stereocenters. The smallest absolute Gasteiger partial charge is 0.274 e. The summed E-state index contributed by atoms with van der Waals surface area (Å²) in [4.78, 5) is 30.6. The number of amides is 2. The minimum atomic E-state index is -0.155. The van der Waals surface area contributed by atoms with Gasteiger partial charge in [-0.05, 0) is 57.0 Å². The van der Waals surface area contributed by atoms with Crippen LogP contribution in [0.5, 0.6) is 0 Å². The van der Waals surface area contributed by atoms with E-state index in [0.717, 1.165) is 49.3 Å². The van der Waals surface area contributed by atoms with Gasteiger partial charge in [0.15, 0.2) is 0 Å². The summed E-state index contributed by atoms with van der Waals surface area (Å²) in [5, 5.41) is 3.01. The van der Waals surface area contributed by atoms with Crippen LogP contribution in [0.4, 0.5) is 17.1 Å². The van der Waals surface area contributed by atoms with Crippen molar-refractivity contribution < 1.29 is 9.59 Å². The number of piperidine rings is 1.